The number of rotatable bonds is 7. The summed E-state index contributed by atoms with van der Waals surface area (Å²) in [4.78, 5) is 27.3. The summed E-state index contributed by atoms with van der Waals surface area (Å²) in [5.41, 5.74) is 1.72. The highest BCUT2D eigenvalue weighted by Crippen LogP contribution is 2.35. The fourth-order valence-corrected chi connectivity index (χ4v) is 4.95. The van der Waals surface area contributed by atoms with Crippen molar-refractivity contribution in [2.45, 2.75) is 44.2 Å². The number of imide groups is 1. The molecule has 2 aliphatic rings. The monoisotopic (exact) mass is 425 g/mol. The van der Waals surface area contributed by atoms with Crippen LogP contribution in [0.1, 0.15) is 36.8 Å². The predicted molar refractivity (Wildman–Crippen MR) is 118 cm³/mol. The molecule has 1 atom stereocenters. The Morgan fingerprint density at radius 1 is 0.967 bits per heavy atom. The molecule has 0 aliphatic carbocycles. The van der Waals surface area contributed by atoms with Gasteiger partial charge in [-0.2, -0.15) is 0 Å². The van der Waals surface area contributed by atoms with Crippen molar-refractivity contribution in [3.63, 3.8) is 0 Å². The molecule has 0 radical (unpaired) electrons. The maximum Gasteiger partial charge on any atom is 0.322 e. The molecule has 2 aliphatic heterocycles. The van der Waals surface area contributed by atoms with Gasteiger partial charge in [0.1, 0.15) is 5.54 Å². The van der Waals surface area contributed by atoms with Gasteiger partial charge in [-0.25, -0.2) is 4.79 Å². The minimum atomic E-state index is -0.780. The highest BCUT2D eigenvalue weighted by atomic mass is 35.5. The number of nitrogens with zero attached hydrogens (tertiary/aromatic N) is 1. The van der Waals surface area contributed by atoms with Crippen LogP contribution < -0.4 is 10.6 Å². The van der Waals surface area contributed by atoms with E-state index in [9.17, 15) is 9.59 Å². The lowest BCUT2D eigenvalue weighted by Crippen LogP contribution is -2.56. The number of carbonyl (C=O) groups excluding carboxylic acids is 2. The van der Waals surface area contributed by atoms with E-state index in [-0.39, 0.29) is 17.9 Å². The molecule has 2 fully saturated rings. The average molecular weight is 426 g/mol. The van der Waals surface area contributed by atoms with Crippen LogP contribution in [0.4, 0.5) is 4.79 Å². The Balaban J connectivity index is 1.38. The molecule has 5 nitrogen and oxygen atoms in total. The predicted octanol–water partition coefficient (Wildman–Crippen LogP) is 4.15. The number of aryl methyl sites for hydroxylation is 1. The molecule has 1 unspecified atom stereocenters. The van der Waals surface area contributed by atoms with E-state index in [4.69, 9.17) is 11.6 Å². The van der Waals surface area contributed by atoms with Gasteiger partial charge in [-0.05, 0) is 74.4 Å². The molecule has 158 valence electrons. The van der Waals surface area contributed by atoms with Gasteiger partial charge in [-0.3, -0.25) is 15.0 Å². The maximum absolute atomic E-state index is 12.8. The Hall–Kier alpha value is -2.37. The Labute approximate surface area is 182 Å². The van der Waals surface area contributed by atoms with E-state index in [0.717, 1.165) is 50.3 Å². The van der Waals surface area contributed by atoms with Crippen molar-refractivity contribution in [2.24, 2.45) is 5.92 Å². The van der Waals surface area contributed by atoms with Crippen LogP contribution >= 0.6 is 11.6 Å². The molecule has 0 spiro atoms. The molecule has 0 bridgehead atoms. The van der Waals surface area contributed by atoms with Crippen LogP contribution in [0.15, 0.2) is 54.6 Å². The zero-order chi connectivity index (χ0) is 21.0. The van der Waals surface area contributed by atoms with Crippen LogP contribution in [0.3, 0.4) is 0 Å². The molecule has 0 saturated carbocycles. The molecule has 2 heterocycles. The van der Waals surface area contributed by atoms with E-state index in [1.807, 2.05) is 30.3 Å². The quantitative estimate of drug-likeness (QED) is 0.655. The van der Waals surface area contributed by atoms with E-state index in [2.05, 4.69) is 39.8 Å². The van der Waals surface area contributed by atoms with Crippen LogP contribution in [0, 0.1) is 5.92 Å². The van der Waals surface area contributed by atoms with E-state index < -0.39 is 5.54 Å². The lowest BCUT2D eigenvalue weighted by atomic mass is 9.74. The Kier molecular flexibility index (Phi) is 6.40. The molecule has 30 heavy (non-hydrogen) atoms. The van der Waals surface area contributed by atoms with Crippen molar-refractivity contribution in [1.82, 2.24) is 15.5 Å². The molecule has 2 N–H and O–H groups in total. The lowest BCUT2D eigenvalue weighted by Gasteiger charge is -2.40. The number of urea groups is 1. The van der Waals surface area contributed by atoms with Crippen molar-refractivity contribution in [2.75, 3.05) is 13.1 Å². The second-order valence-corrected chi connectivity index (χ2v) is 8.83. The van der Waals surface area contributed by atoms with Crippen LogP contribution in [0.2, 0.25) is 5.02 Å². The van der Waals surface area contributed by atoms with Gasteiger partial charge in [0.15, 0.2) is 0 Å². The molecule has 2 saturated heterocycles. The van der Waals surface area contributed by atoms with Gasteiger partial charge in [0.05, 0.1) is 0 Å². The number of amides is 3. The lowest BCUT2D eigenvalue weighted by molar-refractivity contribution is -0.127. The smallest absolute Gasteiger partial charge is 0.322 e. The molecule has 0 aromatic heterocycles. The van der Waals surface area contributed by atoms with E-state index >= 15 is 0 Å². The fourth-order valence-electron chi connectivity index (χ4n) is 4.82. The van der Waals surface area contributed by atoms with Crippen LogP contribution in [-0.4, -0.2) is 35.5 Å². The molecule has 2 aromatic carbocycles. The van der Waals surface area contributed by atoms with Crippen molar-refractivity contribution in [1.29, 1.82) is 0 Å². The van der Waals surface area contributed by atoms with Gasteiger partial charge in [-0.15, -0.1) is 0 Å². The molecule has 6 heteroatoms. The molecular weight excluding hydrogens is 398 g/mol. The summed E-state index contributed by atoms with van der Waals surface area (Å²) in [5, 5.41) is 6.25. The van der Waals surface area contributed by atoms with Crippen LogP contribution in [0.25, 0.3) is 0 Å². The largest absolute Gasteiger partial charge is 0.323 e. The minimum absolute atomic E-state index is 0.154. The Morgan fingerprint density at radius 3 is 2.30 bits per heavy atom. The minimum Gasteiger partial charge on any atom is -0.323 e. The topological polar surface area (TPSA) is 61.4 Å². The Morgan fingerprint density at radius 2 is 1.67 bits per heavy atom. The van der Waals surface area contributed by atoms with E-state index in [0.29, 0.717) is 6.42 Å². The summed E-state index contributed by atoms with van der Waals surface area (Å²) in [7, 11) is 0. The molecule has 2 aromatic rings. The summed E-state index contributed by atoms with van der Waals surface area (Å²) < 4.78 is 0. The maximum atomic E-state index is 12.8. The molecule has 4 rings (SSSR count). The summed E-state index contributed by atoms with van der Waals surface area (Å²) in [6.45, 7) is 2.71. The van der Waals surface area contributed by atoms with Crippen LogP contribution in [0.5, 0.6) is 0 Å². The number of carbonyl (C=O) groups is 2. The first-order chi connectivity index (χ1) is 14.5. The van der Waals surface area contributed by atoms with Crippen LogP contribution in [-0.2, 0) is 17.8 Å². The van der Waals surface area contributed by atoms with Crippen molar-refractivity contribution >= 4 is 23.5 Å². The van der Waals surface area contributed by atoms with Gasteiger partial charge >= 0.3 is 6.03 Å². The highest BCUT2D eigenvalue weighted by molar-refractivity contribution is 6.30. The summed E-state index contributed by atoms with van der Waals surface area (Å²) in [6, 6.07) is 17.9. The third-order valence-electron chi connectivity index (χ3n) is 6.45. The molecule has 3 amide bonds. The van der Waals surface area contributed by atoms with Crippen molar-refractivity contribution in [3.8, 4) is 0 Å². The van der Waals surface area contributed by atoms with Gasteiger partial charge in [0, 0.05) is 11.6 Å². The Bertz CT molecular complexity index is 879. The number of benzene rings is 2. The van der Waals surface area contributed by atoms with E-state index in [1.54, 1.807) is 0 Å². The van der Waals surface area contributed by atoms with Gasteiger partial charge in [0.25, 0.3) is 5.91 Å². The van der Waals surface area contributed by atoms with Crippen molar-refractivity contribution in [3.05, 3.63) is 70.7 Å². The second kappa shape index (κ2) is 9.19. The zero-order valence-corrected chi connectivity index (χ0v) is 17.8. The number of hydrogen-bond acceptors (Lipinski definition) is 3. The number of hydrogen-bond donors (Lipinski definition) is 2. The summed E-state index contributed by atoms with van der Waals surface area (Å²) in [6.07, 6.45) is 4.23. The second-order valence-electron chi connectivity index (χ2n) is 8.40. The zero-order valence-electron chi connectivity index (χ0n) is 17.1. The number of nitrogens with one attached hydrogen (secondary N) is 2. The number of piperidine rings is 1. The van der Waals surface area contributed by atoms with Gasteiger partial charge in [-0.1, -0.05) is 54.1 Å². The summed E-state index contributed by atoms with van der Waals surface area (Å²) >= 11 is 5.98. The standard InChI is InChI=1S/C24H28ClN3O2/c25-21-10-8-19(9-11-21)17-28-15-12-20(13-16-28)24(22(29)26-23(30)27-24)14-4-7-18-5-2-1-3-6-18/h1-3,5-6,8-11,20H,4,7,12-17H2,(H2,26,27,29,30). The normalized spacial score (nSPS) is 22.7. The highest BCUT2D eigenvalue weighted by Gasteiger charge is 2.51. The van der Waals surface area contributed by atoms with Gasteiger partial charge in [0.2, 0.25) is 0 Å². The average Bonchev–Trinajstić information content (AvgIpc) is 3.05. The van der Waals surface area contributed by atoms with E-state index in [1.165, 1.54) is 11.1 Å². The first kappa shape index (κ1) is 20.9. The first-order valence-corrected chi connectivity index (χ1v) is 11.1. The van der Waals surface area contributed by atoms with Gasteiger partial charge < -0.3 is 5.32 Å². The van der Waals surface area contributed by atoms with Crippen molar-refractivity contribution < 1.29 is 9.59 Å². The SMILES string of the molecule is O=C1NC(=O)C(CCCc2ccccc2)(C2CCN(Cc3ccc(Cl)cc3)CC2)N1. The number of likely N-dealkylation sites (tertiary alicyclic amines) is 1. The molecular formula is C24H28ClN3O2. The first-order valence-electron chi connectivity index (χ1n) is 10.7. The third-order valence-corrected chi connectivity index (χ3v) is 6.70. The summed E-state index contributed by atoms with van der Waals surface area (Å²) in [5.74, 6) is -0.00194. The fraction of sp³-hybridized carbons (Fsp3) is 0.417. The number of halogens is 1. The third kappa shape index (κ3) is 4.68.